The standard InChI is InChI=1S/C14H15NO2/c1-11(2)10-17-14(16)8-7-12-3-5-13(9-15)6-4-12/h3-8,11H,10H2,1-2H3/b8-7+. The molecule has 0 saturated heterocycles. The number of hydrogen-bond acceptors (Lipinski definition) is 3. The summed E-state index contributed by atoms with van der Waals surface area (Å²) in [5, 5.41) is 8.63. The molecule has 0 N–H and O–H groups in total. The minimum Gasteiger partial charge on any atom is -0.462 e. The van der Waals surface area contributed by atoms with Gasteiger partial charge in [0.25, 0.3) is 0 Å². The summed E-state index contributed by atoms with van der Waals surface area (Å²) in [6.07, 6.45) is 3.06. The van der Waals surface area contributed by atoms with Gasteiger partial charge in [-0.3, -0.25) is 0 Å². The van der Waals surface area contributed by atoms with Crippen molar-refractivity contribution in [1.82, 2.24) is 0 Å². The van der Waals surface area contributed by atoms with Crippen LogP contribution in [0.5, 0.6) is 0 Å². The van der Waals surface area contributed by atoms with E-state index in [4.69, 9.17) is 10.00 Å². The minimum absolute atomic E-state index is 0.335. The third-order valence-electron chi connectivity index (χ3n) is 2.01. The maximum Gasteiger partial charge on any atom is 0.330 e. The molecule has 0 spiro atoms. The molecule has 3 nitrogen and oxygen atoms in total. The van der Waals surface area contributed by atoms with Gasteiger partial charge in [-0.15, -0.1) is 0 Å². The van der Waals surface area contributed by atoms with E-state index >= 15 is 0 Å². The van der Waals surface area contributed by atoms with E-state index in [1.54, 1.807) is 30.3 Å². The number of carbonyl (C=O) groups excluding carboxylic acids is 1. The maximum atomic E-state index is 11.3. The number of nitrogens with zero attached hydrogens (tertiary/aromatic N) is 1. The zero-order valence-electron chi connectivity index (χ0n) is 10.0. The summed E-state index contributed by atoms with van der Waals surface area (Å²) >= 11 is 0. The molecule has 3 heteroatoms. The normalized spacial score (nSPS) is 10.5. The Balaban J connectivity index is 2.52. The molecule has 0 aliphatic rings. The van der Waals surface area contributed by atoms with Crippen LogP contribution in [0.15, 0.2) is 30.3 Å². The Morgan fingerprint density at radius 3 is 2.59 bits per heavy atom. The molecule has 0 fully saturated rings. The number of rotatable bonds is 4. The van der Waals surface area contributed by atoms with Gasteiger partial charge in [-0.05, 0) is 29.7 Å². The fourth-order valence-corrected chi connectivity index (χ4v) is 1.13. The summed E-state index contributed by atoms with van der Waals surface area (Å²) < 4.78 is 4.99. The molecule has 0 heterocycles. The largest absolute Gasteiger partial charge is 0.462 e. The molecule has 1 rings (SSSR count). The summed E-state index contributed by atoms with van der Waals surface area (Å²) in [7, 11) is 0. The Bertz CT molecular complexity index is 438. The van der Waals surface area contributed by atoms with E-state index in [1.807, 2.05) is 19.9 Å². The summed E-state index contributed by atoms with van der Waals surface area (Å²) in [5.74, 6) is -0.00896. The third kappa shape index (κ3) is 4.98. The van der Waals surface area contributed by atoms with Gasteiger partial charge in [0.15, 0.2) is 0 Å². The van der Waals surface area contributed by atoms with Crippen molar-refractivity contribution in [1.29, 1.82) is 5.26 Å². The molecule has 0 atom stereocenters. The lowest BCUT2D eigenvalue weighted by Crippen LogP contribution is -2.06. The van der Waals surface area contributed by atoms with E-state index < -0.39 is 0 Å². The van der Waals surface area contributed by atoms with Crippen molar-refractivity contribution in [3.63, 3.8) is 0 Å². The van der Waals surface area contributed by atoms with Crippen LogP contribution in [0.25, 0.3) is 6.08 Å². The smallest absolute Gasteiger partial charge is 0.330 e. The Hall–Kier alpha value is -2.08. The second kappa shape index (κ2) is 6.49. The van der Waals surface area contributed by atoms with Crippen LogP contribution >= 0.6 is 0 Å². The minimum atomic E-state index is -0.344. The zero-order chi connectivity index (χ0) is 12.7. The molecule has 0 bridgehead atoms. The molecule has 0 radical (unpaired) electrons. The van der Waals surface area contributed by atoms with E-state index in [2.05, 4.69) is 0 Å². The van der Waals surface area contributed by atoms with E-state index in [1.165, 1.54) is 6.08 Å². The zero-order valence-corrected chi connectivity index (χ0v) is 10.0. The SMILES string of the molecule is CC(C)COC(=O)/C=C/c1ccc(C#N)cc1. The van der Waals surface area contributed by atoms with Crippen molar-refractivity contribution in [2.45, 2.75) is 13.8 Å². The van der Waals surface area contributed by atoms with Gasteiger partial charge in [0.1, 0.15) is 0 Å². The molecule has 17 heavy (non-hydrogen) atoms. The van der Waals surface area contributed by atoms with Crippen molar-refractivity contribution in [2.24, 2.45) is 5.92 Å². The number of hydrogen-bond donors (Lipinski definition) is 0. The van der Waals surface area contributed by atoms with E-state index in [-0.39, 0.29) is 5.97 Å². The van der Waals surface area contributed by atoms with Crippen LogP contribution in [0.2, 0.25) is 0 Å². The van der Waals surface area contributed by atoms with Crippen molar-refractivity contribution in [2.75, 3.05) is 6.61 Å². The molecule has 0 amide bonds. The molecule has 1 aromatic carbocycles. The predicted octanol–water partition coefficient (Wildman–Crippen LogP) is 2.77. The average Bonchev–Trinajstić information content (AvgIpc) is 2.34. The van der Waals surface area contributed by atoms with Crippen LogP contribution in [-0.2, 0) is 9.53 Å². The van der Waals surface area contributed by atoms with Crippen molar-refractivity contribution in [3.05, 3.63) is 41.5 Å². The highest BCUT2D eigenvalue weighted by Crippen LogP contribution is 2.05. The molecule has 88 valence electrons. The Kier molecular flexibility index (Phi) is 4.96. The summed E-state index contributed by atoms with van der Waals surface area (Å²) in [5.41, 5.74) is 1.47. The highest BCUT2D eigenvalue weighted by Gasteiger charge is 1.99. The van der Waals surface area contributed by atoms with Gasteiger partial charge < -0.3 is 4.74 Å². The topological polar surface area (TPSA) is 50.1 Å². The van der Waals surface area contributed by atoms with Gasteiger partial charge in [-0.1, -0.05) is 26.0 Å². The van der Waals surface area contributed by atoms with Gasteiger partial charge >= 0.3 is 5.97 Å². The number of benzene rings is 1. The monoisotopic (exact) mass is 229 g/mol. The lowest BCUT2D eigenvalue weighted by atomic mass is 10.1. The van der Waals surface area contributed by atoms with Crippen molar-refractivity contribution < 1.29 is 9.53 Å². The quantitative estimate of drug-likeness (QED) is 0.589. The first-order chi connectivity index (χ1) is 8.11. The van der Waals surface area contributed by atoms with E-state index in [0.717, 1.165) is 5.56 Å². The number of ether oxygens (including phenoxy) is 1. The van der Waals surface area contributed by atoms with Crippen LogP contribution < -0.4 is 0 Å². The van der Waals surface area contributed by atoms with Crippen LogP contribution in [0.1, 0.15) is 25.0 Å². The second-order valence-electron chi connectivity index (χ2n) is 4.09. The Morgan fingerprint density at radius 2 is 2.06 bits per heavy atom. The highest BCUT2D eigenvalue weighted by atomic mass is 16.5. The molecule has 0 aliphatic heterocycles. The van der Waals surface area contributed by atoms with Gasteiger partial charge in [-0.25, -0.2) is 4.79 Å². The summed E-state index contributed by atoms with van der Waals surface area (Å²) in [4.78, 5) is 11.3. The number of carbonyl (C=O) groups is 1. The molecule has 0 aromatic heterocycles. The molecule has 1 aromatic rings. The average molecular weight is 229 g/mol. The van der Waals surface area contributed by atoms with Gasteiger partial charge in [0.2, 0.25) is 0 Å². The highest BCUT2D eigenvalue weighted by molar-refractivity contribution is 5.87. The Morgan fingerprint density at radius 1 is 1.41 bits per heavy atom. The van der Waals surface area contributed by atoms with Crippen molar-refractivity contribution in [3.8, 4) is 6.07 Å². The molecular weight excluding hydrogens is 214 g/mol. The van der Waals surface area contributed by atoms with Crippen LogP contribution in [0, 0.1) is 17.2 Å². The third-order valence-corrected chi connectivity index (χ3v) is 2.01. The van der Waals surface area contributed by atoms with Gasteiger partial charge in [-0.2, -0.15) is 5.26 Å². The fourth-order valence-electron chi connectivity index (χ4n) is 1.13. The van der Waals surface area contributed by atoms with E-state index in [9.17, 15) is 4.79 Å². The number of esters is 1. The summed E-state index contributed by atoms with van der Waals surface area (Å²) in [6.45, 7) is 4.39. The van der Waals surface area contributed by atoms with Crippen LogP contribution in [-0.4, -0.2) is 12.6 Å². The second-order valence-corrected chi connectivity index (χ2v) is 4.09. The first-order valence-electron chi connectivity index (χ1n) is 5.47. The fraction of sp³-hybridized carbons (Fsp3) is 0.286. The maximum absolute atomic E-state index is 11.3. The molecule has 0 unspecified atom stereocenters. The Labute approximate surface area is 101 Å². The summed E-state index contributed by atoms with van der Waals surface area (Å²) in [6, 6.07) is 9.02. The molecular formula is C14H15NO2. The molecule has 0 aliphatic carbocycles. The molecule has 0 saturated carbocycles. The van der Waals surface area contributed by atoms with E-state index in [0.29, 0.717) is 18.1 Å². The predicted molar refractivity (Wildman–Crippen MR) is 66.0 cm³/mol. The number of nitriles is 1. The lowest BCUT2D eigenvalue weighted by molar-refractivity contribution is -0.138. The van der Waals surface area contributed by atoms with Crippen LogP contribution in [0.3, 0.4) is 0 Å². The first kappa shape index (κ1) is 13.0. The van der Waals surface area contributed by atoms with Gasteiger partial charge in [0.05, 0.1) is 18.2 Å². The van der Waals surface area contributed by atoms with Crippen LogP contribution in [0.4, 0.5) is 0 Å². The van der Waals surface area contributed by atoms with Gasteiger partial charge in [0, 0.05) is 6.08 Å². The lowest BCUT2D eigenvalue weighted by Gasteiger charge is -2.03. The first-order valence-corrected chi connectivity index (χ1v) is 5.47. The van der Waals surface area contributed by atoms with Crippen molar-refractivity contribution >= 4 is 12.0 Å².